The molecule has 0 radical (unpaired) electrons. The molecule has 2 aromatic carbocycles. The number of esters is 2. The van der Waals surface area contributed by atoms with Gasteiger partial charge in [0, 0.05) is 16.1 Å². The van der Waals surface area contributed by atoms with Crippen LogP contribution in [0.1, 0.15) is 62.3 Å². The molecule has 0 heterocycles. The van der Waals surface area contributed by atoms with E-state index in [1.54, 1.807) is 18.2 Å². The SMILES string of the molecule is CC(C)(C)C(=O)OC(OC(=O)N(C(=O)c1ccc(Cl)cc1)N(C(=O)c1ccccc1)C(C)(C)C)C(=O)OCP(=O)(O)O. The van der Waals surface area contributed by atoms with Crippen molar-refractivity contribution in [2.45, 2.75) is 53.4 Å². The molecule has 2 N–H and O–H groups in total. The summed E-state index contributed by atoms with van der Waals surface area (Å²) in [6.07, 6.45) is -5.57. The fraction of sp³-hybridized carbons (Fsp3) is 0.370. The van der Waals surface area contributed by atoms with Gasteiger partial charge < -0.3 is 24.0 Å². The lowest BCUT2D eigenvalue weighted by Crippen LogP contribution is -2.61. The zero-order valence-electron chi connectivity index (χ0n) is 23.8. The highest BCUT2D eigenvalue weighted by Crippen LogP contribution is 2.34. The zero-order chi connectivity index (χ0) is 32.0. The number of imide groups is 1. The minimum absolute atomic E-state index is 0.0888. The predicted octanol–water partition coefficient (Wildman–Crippen LogP) is 4.37. The number of rotatable bonds is 7. The second-order valence-electron chi connectivity index (χ2n) is 10.9. The van der Waals surface area contributed by atoms with Crippen molar-refractivity contribution in [2.24, 2.45) is 5.41 Å². The Labute approximate surface area is 247 Å². The lowest BCUT2D eigenvalue weighted by molar-refractivity contribution is -0.197. The van der Waals surface area contributed by atoms with Crippen LogP contribution in [0.15, 0.2) is 54.6 Å². The monoisotopic (exact) mass is 626 g/mol. The topological polar surface area (TPSA) is 177 Å². The third-order valence-electron chi connectivity index (χ3n) is 5.11. The van der Waals surface area contributed by atoms with Gasteiger partial charge >= 0.3 is 31.9 Å². The van der Waals surface area contributed by atoms with E-state index in [2.05, 4.69) is 4.74 Å². The third-order valence-corrected chi connectivity index (χ3v) is 5.82. The molecule has 1 unspecified atom stereocenters. The van der Waals surface area contributed by atoms with Crippen LogP contribution in [-0.2, 0) is 28.4 Å². The molecule has 0 saturated heterocycles. The first-order chi connectivity index (χ1) is 19.2. The summed E-state index contributed by atoms with van der Waals surface area (Å²) in [6.45, 7) is 8.83. The molecule has 0 aliphatic heterocycles. The highest BCUT2D eigenvalue weighted by Gasteiger charge is 2.44. The zero-order valence-corrected chi connectivity index (χ0v) is 25.4. The summed E-state index contributed by atoms with van der Waals surface area (Å²) in [4.78, 5) is 84.6. The molecule has 15 heteroatoms. The number of benzene rings is 2. The van der Waals surface area contributed by atoms with Crippen molar-refractivity contribution >= 4 is 49.0 Å². The number of amides is 3. The summed E-state index contributed by atoms with van der Waals surface area (Å²) in [7, 11) is -4.88. The van der Waals surface area contributed by atoms with Gasteiger partial charge in [-0.15, -0.1) is 5.01 Å². The molecule has 2 aromatic rings. The average molecular weight is 627 g/mol. The van der Waals surface area contributed by atoms with Crippen molar-refractivity contribution < 1.29 is 52.5 Å². The van der Waals surface area contributed by atoms with Gasteiger partial charge in [-0.2, -0.15) is 0 Å². The van der Waals surface area contributed by atoms with Gasteiger partial charge in [0.2, 0.25) is 0 Å². The first kappa shape index (κ1) is 34.4. The van der Waals surface area contributed by atoms with Crippen LogP contribution in [0.3, 0.4) is 0 Å². The Hall–Kier alpha value is -3.77. The molecule has 0 aliphatic carbocycles. The third kappa shape index (κ3) is 9.66. The number of carbonyl (C=O) groups excluding carboxylic acids is 5. The van der Waals surface area contributed by atoms with Crippen LogP contribution in [0.25, 0.3) is 0 Å². The quantitative estimate of drug-likeness (QED) is 0.193. The van der Waals surface area contributed by atoms with Crippen LogP contribution in [0.5, 0.6) is 0 Å². The van der Waals surface area contributed by atoms with Gasteiger partial charge in [-0.25, -0.2) is 14.6 Å². The van der Waals surface area contributed by atoms with Gasteiger partial charge in [0.05, 0.1) is 11.0 Å². The summed E-state index contributed by atoms with van der Waals surface area (Å²) in [6, 6.07) is 13.0. The molecular weight excluding hydrogens is 595 g/mol. The van der Waals surface area contributed by atoms with E-state index < -0.39 is 61.0 Å². The van der Waals surface area contributed by atoms with Gasteiger partial charge in [-0.1, -0.05) is 29.8 Å². The summed E-state index contributed by atoms with van der Waals surface area (Å²) in [5.74, 6) is -4.60. The summed E-state index contributed by atoms with van der Waals surface area (Å²) in [5.41, 5.74) is -2.52. The van der Waals surface area contributed by atoms with Crippen LogP contribution >= 0.6 is 19.2 Å². The van der Waals surface area contributed by atoms with Crippen molar-refractivity contribution in [3.8, 4) is 0 Å². The molecule has 42 heavy (non-hydrogen) atoms. The van der Waals surface area contributed by atoms with Crippen LogP contribution in [0.4, 0.5) is 4.79 Å². The van der Waals surface area contributed by atoms with E-state index in [0.29, 0.717) is 5.01 Å². The Morgan fingerprint density at radius 3 is 1.83 bits per heavy atom. The molecular formula is C27H32ClN2O11P. The summed E-state index contributed by atoms with van der Waals surface area (Å²) < 4.78 is 25.9. The molecule has 1 atom stereocenters. The fourth-order valence-corrected chi connectivity index (χ4v) is 3.54. The highest BCUT2D eigenvalue weighted by molar-refractivity contribution is 7.51. The van der Waals surface area contributed by atoms with E-state index in [1.807, 2.05) is 0 Å². The summed E-state index contributed by atoms with van der Waals surface area (Å²) in [5, 5.41) is 1.40. The van der Waals surface area contributed by atoms with E-state index in [-0.39, 0.29) is 16.1 Å². The number of ether oxygens (including phenoxy) is 3. The second-order valence-corrected chi connectivity index (χ2v) is 12.9. The minimum Gasteiger partial charge on any atom is -0.447 e. The first-order valence-electron chi connectivity index (χ1n) is 12.3. The molecule has 13 nitrogen and oxygen atoms in total. The number of hydrazine groups is 1. The van der Waals surface area contributed by atoms with Gasteiger partial charge in [0.1, 0.15) is 0 Å². The maximum atomic E-state index is 13.8. The van der Waals surface area contributed by atoms with Crippen LogP contribution in [0, 0.1) is 5.41 Å². The van der Waals surface area contributed by atoms with Crippen LogP contribution < -0.4 is 0 Å². The smallest absolute Gasteiger partial charge is 0.440 e. The van der Waals surface area contributed by atoms with Crippen molar-refractivity contribution in [1.29, 1.82) is 0 Å². The number of carbonyl (C=O) groups is 5. The average Bonchev–Trinajstić information content (AvgIpc) is 2.88. The van der Waals surface area contributed by atoms with E-state index in [0.717, 1.165) is 5.01 Å². The van der Waals surface area contributed by atoms with Gasteiger partial charge in [-0.05, 0) is 77.9 Å². The molecule has 0 aromatic heterocycles. The Kier molecular flexibility index (Phi) is 11.0. The predicted molar refractivity (Wildman–Crippen MR) is 149 cm³/mol. The lowest BCUT2D eigenvalue weighted by Gasteiger charge is -2.41. The molecule has 228 valence electrons. The Morgan fingerprint density at radius 2 is 1.36 bits per heavy atom. The largest absolute Gasteiger partial charge is 0.447 e. The van der Waals surface area contributed by atoms with Crippen molar-refractivity contribution in [1.82, 2.24) is 10.0 Å². The molecule has 0 bridgehead atoms. The molecule has 2 rings (SSSR count). The Morgan fingerprint density at radius 1 is 0.833 bits per heavy atom. The van der Waals surface area contributed by atoms with Gasteiger partial charge in [0.15, 0.2) is 6.35 Å². The first-order valence-corrected chi connectivity index (χ1v) is 14.5. The van der Waals surface area contributed by atoms with Gasteiger partial charge in [-0.3, -0.25) is 18.9 Å². The van der Waals surface area contributed by atoms with Crippen molar-refractivity contribution in [3.05, 3.63) is 70.7 Å². The summed E-state index contributed by atoms with van der Waals surface area (Å²) >= 11 is 5.94. The van der Waals surface area contributed by atoms with E-state index in [1.165, 1.54) is 77.9 Å². The Balaban J connectivity index is 2.63. The van der Waals surface area contributed by atoms with Crippen LogP contribution in [0.2, 0.25) is 5.02 Å². The number of hydrogen-bond donors (Lipinski definition) is 2. The highest BCUT2D eigenvalue weighted by atomic mass is 35.5. The van der Waals surface area contributed by atoms with E-state index >= 15 is 0 Å². The normalized spacial score (nSPS) is 12.5. The van der Waals surface area contributed by atoms with Crippen molar-refractivity contribution in [2.75, 3.05) is 6.35 Å². The number of hydrogen-bond acceptors (Lipinski definition) is 9. The van der Waals surface area contributed by atoms with Crippen LogP contribution in [-0.4, -0.2) is 67.8 Å². The molecule has 0 fully saturated rings. The van der Waals surface area contributed by atoms with E-state index in [4.69, 9.17) is 30.9 Å². The van der Waals surface area contributed by atoms with E-state index in [9.17, 15) is 28.5 Å². The maximum Gasteiger partial charge on any atom is 0.440 e. The standard InChI is InChI=1S/C27H32ClN2O11P/c1-26(2,3)24(34)40-23(22(33)39-16-42(36,37)38)41-25(35)29(20(31)18-12-14-19(28)15-13-18)30(27(4,5)6)21(32)17-10-8-7-9-11-17/h7-15,23H,16H2,1-6H3,(H2,36,37,38). The molecule has 3 amide bonds. The molecule has 0 spiro atoms. The fourth-order valence-electron chi connectivity index (χ4n) is 3.12. The van der Waals surface area contributed by atoms with Gasteiger partial charge in [0.25, 0.3) is 11.8 Å². The molecule has 0 aliphatic rings. The number of nitrogens with zero attached hydrogens (tertiary/aromatic N) is 2. The second kappa shape index (κ2) is 13.5. The molecule has 0 saturated carbocycles. The lowest BCUT2D eigenvalue weighted by atomic mass is 9.97. The maximum absolute atomic E-state index is 13.8. The minimum atomic E-state index is -4.88. The van der Waals surface area contributed by atoms with Crippen molar-refractivity contribution in [3.63, 3.8) is 0 Å². The number of halogens is 1. The Bertz CT molecular complexity index is 1360.